The highest BCUT2D eigenvalue weighted by atomic mass is 32.1. The number of aryl methyl sites for hydroxylation is 1. The summed E-state index contributed by atoms with van der Waals surface area (Å²) in [6.07, 6.45) is 7.34. The van der Waals surface area contributed by atoms with Gasteiger partial charge >= 0.3 is 0 Å². The summed E-state index contributed by atoms with van der Waals surface area (Å²) < 4.78 is 0. The van der Waals surface area contributed by atoms with Crippen molar-refractivity contribution < 1.29 is 0 Å². The Kier molecular flexibility index (Phi) is 2.88. The van der Waals surface area contributed by atoms with Crippen LogP contribution in [0, 0.1) is 6.92 Å². The van der Waals surface area contributed by atoms with Crippen LogP contribution in [0.5, 0.6) is 0 Å². The molecular formula is C11H18N2S. The summed E-state index contributed by atoms with van der Waals surface area (Å²) in [7, 11) is 0. The Morgan fingerprint density at radius 1 is 1.57 bits per heavy atom. The van der Waals surface area contributed by atoms with Gasteiger partial charge in [-0.1, -0.05) is 6.92 Å². The third-order valence-corrected chi connectivity index (χ3v) is 4.21. The zero-order chi connectivity index (χ0) is 10.0. The molecule has 1 heterocycles. The molecule has 2 nitrogen and oxygen atoms in total. The van der Waals surface area contributed by atoms with Gasteiger partial charge in [-0.05, 0) is 32.6 Å². The lowest BCUT2D eigenvalue weighted by atomic mass is 9.75. The number of hydrogen-bond acceptors (Lipinski definition) is 3. The van der Waals surface area contributed by atoms with E-state index in [1.807, 2.05) is 6.20 Å². The molecule has 0 aromatic carbocycles. The molecule has 78 valence electrons. The highest BCUT2D eigenvalue weighted by Gasteiger charge is 2.34. The lowest BCUT2D eigenvalue weighted by molar-refractivity contribution is 0.176. The smallest absolute Gasteiger partial charge is 0.0897 e. The van der Waals surface area contributed by atoms with Gasteiger partial charge in [-0.25, -0.2) is 4.98 Å². The van der Waals surface area contributed by atoms with Crippen molar-refractivity contribution in [1.29, 1.82) is 0 Å². The van der Waals surface area contributed by atoms with Crippen LogP contribution in [0.25, 0.3) is 0 Å². The average Bonchev–Trinajstić information content (AvgIpc) is 2.50. The molecule has 0 unspecified atom stereocenters. The maximum absolute atomic E-state index is 4.27. The van der Waals surface area contributed by atoms with Crippen LogP contribution in [0.2, 0.25) is 0 Å². The van der Waals surface area contributed by atoms with Crippen LogP contribution in [0.1, 0.15) is 42.5 Å². The van der Waals surface area contributed by atoms with E-state index in [0.29, 0.717) is 5.54 Å². The zero-order valence-corrected chi connectivity index (χ0v) is 9.78. The number of hydrogen-bond donors (Lipinski definition) is 1. The fourth-order valence-electron chi connectivity index (χ4n) is 2.02. The van der Waals surface area contributed by atoms with Crippen LogP contribution in [0.3, 0.4) is 0 Å². The third kappa shape index (κ3) is 1.98. The topological polar surface area (TPSA) is 24.9 Å². The second-order valence-electron chi connectivity index (χ2n) is 4.19. The lowest BCUT2D eigenvalue weighted by Gasteiger charge is -2.42. The molecule has 0 bridgehead atoms. The van der Waals surface area contributed by atoms with Crippen LogP contribution >= 0.6 is 11.3 Å². The molecule has 0 amide bonds. The molecule has 0 aliphatic heterocycles. The minimum Gasteiger partial charge on any atom is -0.306 e. The van der Waals surface area contributed by atoms with E-state index >= 15 is 0 Å². The highest BCUT2D eigenvalue weighted by Crippen LogP contribution is 2.35. The summed E-state index contributed by atoms with van der Waals surface area (Å²) in [4.78, 5) is 5.63. The molecule has 1 aliphatic carbocycles. The summed E-state index contributed by atoms with van der Waals surface area (Å²) in [6, 6.07) is 0. The molecule has 1 saturated carbocycles. The first-order valence-corrected chi connectivity index (χ1v) is 6.22. The fourth-order valence-corrected chi connectivity index (χ4v) is 2.76. The van der Waals surface area contributed by atoms with E-state index in [0.717, 1.165) is 6.54 Å². The van der Waals surface area contributed by atoms with Crippen LogP contribution in [0.4, 0.5) is 0 Å². The average molecular weight is 210 g/mol. The molecule has 3 heteroatoms. The maximum atomic E-state index is 4.27. The van der Waals surface area contributed by atoms with E-state index in [-0.39, 0.29) is 0 Å². The van der Waals surface area contributed by atoms with Gasteiger partial charge in [-0.2, -0.15) is 0 Å². The first-order valence-electron chi connectivity index (χ1n) is 5.40. The van der Waals surface area contributed by atoms with Gasteiger partial charge in [0.15, 0.2) is 0 Å². The van der Waals surface area contributed by atoms with Crippen molar-refractivity contribution in [3.63, 3.8) is 0 Å². The Morgan fingerprint density at radius 2 is 2.36 bits per heavy atom. The predicted octanol–water partition coefficient (Wildman–Crippen LogP) is 2.87. The predicted molar refractivity (Wildman–Crippen MR) is 60.6 cm³/mol. The van der Waals surface area contributed by atoms with E-state index in [9.17, 15) is 0 Å². The molecule has 0 atom stereocenters. The van der Waals surface area contributed by atoms with Crippen molar-refractivity contribution >= 4 is 11.3 Å². The molecule has 1 aromatic heterocycles. The Hall–Kier alpha value is -0.410. The normalized spacial score (nSPS) is 19.3. The van der Waals surface area contributed by atoms with E-state index in [1.165, 1.54) is 35.6 Å². The van der Waals surface area contributed by atoms with Crippen LogP contribution < -0.4 is 5.32 Å². The van der Waals surface area contributed by atoms with Gasteiger partial charge in [0.25, 0.3) is 0 Å². The Balaban J connectivity index is 1.87. The minimum atomic E-state index is 0.456. The van der Waals surface area contributed by atoms with Gasteiger partial charge in [0.1, 0.15) is 0 Å². The van der Waals surface area contributed by atoms with Crippen LogP contribution in [-0.4, -0.2) is 10.5 Å². The van der Waals surface area contributed by atoms with Gasteiger partial charge in [0.2, 0.25) is 0 Å². The van der Waals surface area contributed by atoms with Gasteiger partial charge < -0.3 is 5.32 Å². The van der Waals surface area contributed by atoms with Gasteiger partial charge in [0, 0.05) is 23.2 Å². The molecule has 1 aromatic rings. The van der Waals surface area contributed by atoms with Crippen molar-refractivity contribution in [3.8, 4) is 0 Å². The van der Waals surface area contributed by atoms with Gasteiger partial charge in [-0.3, -0.25) is 0 Å². The molecule has 1 N–H and O–H groups in total. The number of thiazole rings is 1. The Labute approximate surface area is 89.8 Å². The standard InChI is InChI=1S/C11H18N2S/c1-3-11(5-4-6-11)13-8-10-7-12-9(2)14-10/h7,13H,3-6,8H2,1-2H3. The number of nitrogens with one attached hydrogen (secondary N) is 1. The molecule has 0 radical (unpaired) electrons. The lowest BCUT2D eigenvalue weighted by Crippen LogP contribution is -2.49. The second kappa shape index (κ2) is 3.99. The molecule has 1 fully saturated rings. The van der Waals surface area contributed by atoms with Crippen LogP contribution in [0.15, 0.2) is 6.20 Å². The number of nitrogens with zero attached hydrogens (tertiary/aromatic N) is 1. The van der Waals surface area contributed by atoms with Gasteiger partial charge in [-0.15, -0.1) is 11.3 Å². The first-order chi connectivity index (χ1) is 6.74. The summed E-state index contributed by atoms with van der Waals surface area (Å²) in [6.45, 7) is 5.34. The van der Waals surface area contributed by atoms with Crippen molar-refractivity contribution in [2.45, 2.75) is 51.6 Å². The molecule has 0 spiro atoms. The molecular weight excluding hydrogens is 192 g/mol. The summed E-state index contributed by atoms with van der Waals surface area (Å²) in [5.74, 6) is 0. The monoisotopic (exact) mass is 210 g/mol. The quantitative estimate of drug-likeness (QED) is 0.826. The third-order valence-electron chi connectivity index (χ3n) is 3.29. The summed E-state index contributed by atoms with van der Waals surface area (Å²) in [5, 5.41) is 4.85. The van der Waals surface area contributed by atoms with E-state index in [2.05, 4.69) is 24.1 Å². The molecule has 2 rings (SSSR count). The van der Waals surface area contributed by atoms with Crippen molar-refractivity contribution in [2.24, 2.45) is 0 Å². The first kappa shape index (κ1) is 10.1. The fraction of sp³-hybridized carbons (Fsp3) is 0.727. The van der Waals surface area contributed by atoms with Crippen LogP contribution in [-0.2, 0) is 6.54 Å². The molecule has 1 aliphatic rings. The van der Waals surface area contributed by atoms with Crippen molar-refractivity contribution in [1.82, 2.24) is 10.3 Å². The molecule has 14 heavy (non-hydrogen) atoms. The Morgan fingerprint density at radius 3 is 2.79 bits per heavy atom. The maximum Gasteiger partial charge on any atom is 0.0897 e. The van der Waals surface area contributed by atoms with E-state index < -0.39 is 0 Å². The van der Waals surface area contributed by atoms with Crippen molar-refractivity contribution in [3.05, 3.63) is 16.1 Å². The zero-order valence-electron chi connectivity index (χ0n) is 8.97. The largest absolute Gasteiger partial charge is 0.306 e. The summed E-state index contributed by atoms with van der Waals surface area (Å²) >= 11 is 1.80. The Bertz CT molecular complexity index is 296. The van der Waals surface area contributed by atoms with Crippen molar-refractivity contribution in [2.75, 3.05) is 0 Å². The van der Waals surface area contributed by atoms with Gasteiger partial charge in [0.05, 0.1) is 5.01 Å². The summed E-state index contributed by atoms with van der Waals surface area (Å²) in [5.41, 5.74) is 0.456. The number of aromatic nitrogens is 1. The minimum absolute atomic E-state index is 0.456. The highest BCUT2D eigenvalue weighted by molar-refractivity contribution is 7.11. The van der Waals surface area contributed by atoms with E-state index in [4.69, 9.17) is 0 Å². The second-order valence-corrected chi connectivity index (χ2v) is 5.51. The SMILES string of the molecule is CCC1(NCc2cnc(C)s2)CCC1. The molecule has 0 saturated heterocycles. The number of rotatable bonds is 4. The van der Waals surface area contributed by atoms with E-state index in [1.54, 1.807) is 11.3 Å².